The molecule has 0 heterocycles. The van der Waals surface area contributed by atoms with Gasteiger partial charge in [0, 0.05) is 6.54 Å². The first-order valence-electron chi connectivity index (χ1n) is 5.28. The molecule has 1 rings (SSSR count). The average Bonchev–Trinajstić information content (AvgIpc) is 2.29. The van der Waals surface area contributed by atoms with Gasteiger partial charge in [0.05, 0.1) is 19.3 Å². The highest BCUT2D eigenvalue weighted by molar-refractivity contribution is 5.29. The minimum absolute atomic E-state index is 0.0871. The van der Waals surface area contributed by atoms with Gasteiger partial charge in [0.25, 0.3) is 0 Å². The van der Waals surface area contributed by atoms with E-state index in [1.54, 1.807) is 7.11 Å². The number of hydrogen-bond donors (Lipinski definition) is 2. The van der Waals surface area contributed by atoms with Crippen LogP contribution in [0.4, 0.5) is 0 Å². The van der Waals surface area contributed by atoms with Crippen molar-refractivity contribution in [1.29, 1.82) is 0 Å². The number of rotatable bonds is 5. The van der Waals surface area contributed by atoms with Crippen LogP contribution in [0.2, 0.25) is 0 Å². The summed E-state index contributed by atoms with van der Waals surface area (Å²) in [6.07, 6.45) is -0.566. The van der Waals surface area contributed by atoms with E-state index in [0.29, 0.717) is 0 Å². The fraction of sp³-hybridized carbons (Fsp3) is 0.500. The number of hydrogen-bond acceptors (Lipinski definition) is 4. The van der Waals surface area contributed by atoms with E-state index in [4.69, 9.17) is 10.5 Å². The maximum atomic E-state index is 9.87. The van der Waals surface area contributed by atoms with Crippen LogP contribution in [-0.4, -0.2) is 43.9 Å². The zero-order valence-electron chi connectivity index (χ0n) is 10.1. The van der Waals surface area contributed by atoms with E-state index in [2.05, 4.69) is 0 Å². The Morgan fingerprint density at radius 1 is 1.31 bits per heavy atom. The lowest BCUT2D eigenvalue weighted by Gasteiger charge is -2.28. The monoisotopic (exact) mass is 224 g/mol. The minimum Gasteiger partial charge on any atom is -0.497 e. The first kappa shape index (κ1) is 13.0. The third kappa shape index (κ3) is 2.95. The second-order valence-corrected chi connectivity index (χ2v) is 3.98. The van der Waals surface area contributed by atoms with Crippen LogP contribution in [0.25, 0.3) is 0 Å². The van der Waals surface area contributed by atoms with Crippen molar-refractivity contribution >= 4 is 0 Å². The topological polar surface area (TPSA) is 58.7 Å². The molecule has 16 heavy (non-hydrogen) atoms. The van der Waals surface area contributed by atoms with Gasteiger partial charge in [-0.2, -0.15) is 0 Å². The van der Waals surface area contributed by atoms with Crippen LogP contribution in [0, 0.1) is 0 Å². The summed E-state index contributed by atoms with van der Waals surface area (Å²) in [5, 5.41) is 9.87. The number of ether oxygens (including phenoxy) is 1. The van der Waals surface area contributed by atoms with E-state index in [1.807, 2.05) is 43.3 Å². The lowest BCUT2D eigenvalue weighted by molar-refractivity contribution is 0.0823. The zero-order chi connectivity index (χ0) is 12.1. The van der Waals surface area contributed by atoms with Crippen molar-refractivity contribution in [2.75, 3.05) is 27.7 Å². The summed E-state index contributed by atoms with van der Waals surface area (Å²) in [6, 6.07) is 7.57. The van der Waals surface area contributed by atoms with Gasteiger partial charge in [-0.3, -0.25) is 0 Å². The van der Waals surface area contributed by atoms with Crippen molar-refractivity contribution < 1.29 is 9.84 Å². The van der Waals surface area contributed by atoms with Crippen LogP contribution in [0.15, 0.2) is 24.3 Å². The molecular formula is C12H20N2O2. The van der Waals surface area contributed by atoms with Crippen LogP contribution in [-0.2, 0) is 0 Å². The summed E-state index contributed by atoms with van der Waals surface area (Å²) >= 11 is 0. The van der Waals surface area contributed by atoms with Gasteiger partial charge in [0.1, 0.15) is 5.75 Å². The zero-order valence-corrected chi connectivity index (χ0v) is 10.1. The second kappa shape index (κ2) is 5.84. The average molecular weight is 224 g/mol. The molecular weight excluding hydrogens is 204 g/mol. The fourth-order valence-electron chi connectivity index (χ4n) is 1.79. The third-order valence-electron chi connectivity index (χ3n) is 2.62. The van der Waals surface area contributed by atoms with E-state index < -0.39 is 6.10 Å². The summed E-state index contributed by atoms with van der Waals surface area (Å²) in [6.45, 7) is 0.245. The number of aliphatic hydroxyl groups is 1. The van der Waals surface area contributed by atoms with Crippen LogP contribution >= 0.6 is 0 Å². The molecule has 0 aromatic heterocycles. The summed E-state index contributed by atoms with van der Waals surface area (Å²) in [5.41, 5.74) is 6.53. The molecule has 0 aliphatic rings. The van der Waals surface area contributed by atoms with Crippen molar-refractivity contribution in [3.8, 4) is 5.75 Å². The predicted molar refractivity (Wildman–Crippen MR) is 64.5 cm³/mol. The fourth-order valence-corrected chi connectivity index (χ4v) is 1.79. The molecule has 0 amide bonds. The molecule has 0 aliphatic carbocycles. The van der Waals surface area contributed by atoms with E-state index in [1.165, 1.54) is 0 Å². The Kier molecular flexibility index (Phi) is 4.73. The Hall–Kier alpha value is -1.10. The molecule has 2 unspecified atom stereocenters. The molecule has 0 saturated heterocycles. The van der Waals surface area contributed by atoms with Crippen LogP contribution in [0.3, 0.4) is 0 Å². The standard InChI is InChI=1S/C12H20N2O2/c1-14(2)12(11(15)8-13)9-4-6-10(16-3)7-5-9/h4-7,11-12,15H,8,13H2,1-3H3. The summed E-state index contributed by atoms with van der Waals surface area (Å²) in [4.78, 5) is 1.96. The largest absolute Gasteiger partial charge is 0.497 e. The van der Waals surface area contributed by atoms with Gasteiger partial charge >= 0.3 is 0 Å². The van der Waals surface area contributed by atoms with Crippen LogP contribution in [0.5, 0.6) is 5.75 Å². The minimum atomic E-state index is -0.566. The Balaban J connectivity index is 2.92. The van der Waals surface area contributed by atoms with Crippen molar-refractivity contribution in [2.24, 2.45) is 5.73 Å². The number of benzene rings is 1. The third-order valence-corrected chi connectivity index (χ3v) is 2.62. The number of nitrogens with two attached hydrogens (primary N) is 1. The Labute approximate surface area is 96.6 Å². The van der Waals surface area contributed by atoms with Crippen molar-refractivity contribution in [2.45, 2.75) is 12.1 Å². The van der Waals surface area contributed by atoms with Crippen molar-refractivity contribution in [3.63, 3.8) is 0 Å². The number of nitrogens with zero attached hydrogens (tertiary/aromatic N) is 1. The lowest BCUT2D eigenvalue weighted by Crippen LogP contribution is -2.36. The highest BCUT2D eigenvalue weighted by atomic mass is 16.5. The smallest absolute Gasteiger partial charge is 0.118 e. The highest BCUT2D eigenvalue weighted by Crippen LogP contribution is 2.23. The SMILES string of the molecule is COc1ccc(C(C(O)CN)N(C)C)cc1. The van der Waals surface area contributed by atoms with E-state index >= 15 is 0 Å². The van der Waals surface area contributed by atoms with E-state index in [9.17, 15) is 5.11 Å². The highest BCUT2D eigenvalue weighted by Gasteiger charge is 2.21. The lowest BCUT2D eigenvalue weighted by atomic mass is 10.0. The maximum Gasteiger partial charge on any atom is 0.118 e. The van der Waals surface area contributed by atoms with Gasteiger partial charge in [-0.25, -0.2) is 0 Å². The van der Waals surface area contributed by atoms with Crippen molar-refractivity contribution in [1.82, 2.24) is 4.90 Å². The number of aliphatic hydroxyl groups excluding tert-OH is 1. The van der Waals surface area contributed by atoms with Gasteiger partial charge < -0.3 is 20.5 Å². The first-order chi connectivity index (χ1) is 7.60. The Morgan fingerprint density at radius 3 is 2.25 bits per heavy atom. The van der Waals surface area contributed by atoms with Crippen LogP contribution < -0.4 is 10.5 Å². The molecule has 4 nitrogen and oxygen atoms in total. The molecule has 0 bridgehead atoms. The van der Waals surface area contributed by atoms with Gasteiger partial charge in [0.2, 0.25) is 0 Å². The molecule has 0 saturated carbocycles. The molecule has 0 radical (unpaired) electrons. The molecule has 0 spiro atoms. The second-order valence-electron chi connectivity index (χ2n) is 3.98. The normalized spacial score (nSPS) is 14.9. The van der Waals surface area contributed by atoms with Crippen molar-refractivity contribution in [3.05, 3.63) is 29.8 Å². The van der Waals surface area contributed by atoms with Gasteiger partial charge in [-0.15, -0.1) is 0 Å². The molecule has 0 fully saturated rings. The molecule has 2 atom stereocenters. The molecule has 3 N–H and O–H groups in total. The first-order valence-corrected chi connectivity index (χ1v) is 5.28. The van der Waals surface area contributed by atoms with E-state index in [0.717, 1.165) is 11.3 Å². The Morgan fingerprint density at radius 2 is 1.88 bits per heavy atom. The van der Waals surface area contributed by atoms with Gasteiger partial charge in [-0.05, 0) is 31.8 Å². The number of methoxy groups -OCH3 is 1. The summed E-state index contributed by atoms with van der Waals surface area (Å²) in [5.74, 6) is 0.809. The quantitative estimate of drug-likeness (QED) is 0.769. The molecule has 1 aromatic carbocycles. The maximum absolute atomic E-state index is 9.87. The summed E-state index contributed by atoms with van der Waals surface area (Å²) < 4.78 is 5.10. The molecule has 4 heteroatoms. The van der Waals surface area contributed by atoms with Crippen LogP contribution in [0.1, 0.15) is 11.6 Å². The number of likely N-dealkylation sites (N-methyl/N-ethyl adjacent to an activating group) is 1. The van der Waals surface area contributed by atoms with E-state index in [-0.39, 0.29) is 12.6 Å². The van der Waals surface area contributed by atoms with Gasteiger partial charge in [0.15, 0.2) is 0 Å². The molecule has 1 aromatic rings. The summed E-state index contributed by atoms with van der Waals surface area (Å²) in [7, 11) is 5.48. The molecule has 90 valence electrons. The molecule has 0 aliphatic heterocycles. The van der Waals surface area contributed by atoms with Gasteiger partial charge in [-0.1, -0.05) is 12.1 Å². The Bertz CT molecular complexity index is 311. The predicted octanol–water partition coefficient (Wildman–Crippen LogP) is 0.617.